The summed E-state index contributed by atoms with van der Waals surface area (Å²) in [5.74, 6) is 0.0426. The highest BCUT2D eigenvalue weighted by molar-refractivity contribution is 6.32. The first kappa shape index (κ1) is 12.1. The van der Waals surface area contributed by atoms with E-state index < -0.39 is 0 Å². The van der Waals surface area contributed by atoms with Crippen molar-refractivity contribution in [2.24, 2.45) is 0 Å². The number of benzene rings is 1. The van der Waals surface area contributed by atoms with Crippen molar-refractivity contribution in [2.75, 3.05) is 5.88 Å². The van der Waals surface area contributed by atoms with E-state index in [-0.39, 0.29) is 22.7 Å². The van der Waals surface area contributed by atoms with E-state index in [2.05, 4.69) is 5.32 Å². The van der Waals surface area contributed by atoms with Gasteiger partial charge in [-0.05, 0) is 25.1 Å². The van der Waals surface area contributed by atoms with Crippen LogP contribution in [0.5, 0.6) is 5.75 Å². The van der Waals surface area contributed by atoms with Crippen molar-refractivity contribution in [1.82, 2.24) is 5.32 Å². The highest BCUT2D eigenvalue weighted by Gasteiger charge is 2.10. The molecule has 1 aromatic carbocycles. The van der Waals surface area contributed by atoms with E-state index in [9.17, 15) is 4.79 Å². The average molecular weight is 248 g/mol. The minimum atomic E-state index is -0.259. The van der Waals surface area contributed by atoms with Gasteiger partial charge >= 0.3 is 0 Å². The van der Waals surface area contributed by atoms with Crippen LogP contribution in [0, 0.1) is 0 Å². The first-order chi connectivity index (χ1) is 7.04. The van der Waals surface area contributed by atoms with Gasteiger partial charge in [-0.15, -0.1) is 11.6 Å². The molecule has 5 heteroatoms. The van der Waals surface area contributed by atoms with Gasteiger partial charge in [-0.3, -0.25) is 4.79 Å². The first-order valence-corrected chi connectivity index (χ1v) is 5.31. The molecule has 82 valence electrons. The maximum atomic E-state index is 11.6. The van der Waals surface area contributed by atoms with Gasteiger partial charge in [-0.25, -0.2) is 0 Å². The summed E-state index contributed by atoms with van der Waals surface area (Å²) in [7, 11) is 0. The van der Waals surface area contributed by atoms with Gasteiger partial charge in [-0.2, -0.15) is 0 Å². The Balaban J connectivity index is 2.78. The van der Waals surface area contributed by atoms with Gasteiger partial charge < -0.3 is 10.4 Å². The van der Waals surface area contributed by atoms with Gasteiger partial charge in [0.25, 0.3) is 5.91 Å². The Kier molecular flexibility index (Phi) is 4.24. The Hall–Kier alpha value is -0.930. The fourth-order valence-corrected chi connectivity index (χ4v) is 1.25. The number of nitrogens with one attached hydrogen (secondary N) is 1. The van der Waals surface area contributed by atoms with Gasteiger partial charge in [-0.1, -0.05) is 11.6 Å². The maximum Gasteiger partial charge on any atom is 0.251 e. The lowest BCUT2D eigenvalue weighted by Crippen LogP contribution is -2.33. The highest BCUT2D eigenvalue weighted by Crippen LogP contribution is 2.23. The van der Waals surface area contributed by atoms with Crippen molar-refractivity contribution in [3.63, 3.8) is 0 Å². The molecule has 0 aliphatic carbocycles. The third kappa shape index (κ3) is 3.29. The third-order valence-corrected chi connectivity index (χ3v) is 2.58. The van der Waals surface area contributed by atoms with Crippen LogP contribution in [-0.4, -0.2) is 22.9 Å². The van der Waals surface area contributed by atoms with Gasteiger partial charge in [0.2, 0.25) is 0 Å². The normalized spacial score (nSPS) is 12.2. The lowest BCUT2D eigenvalue weighted by Gasteiger charge is -2.10. The molecule has 1 atom stereocenters. The van der Waals surface area contributed by atoms with Crippen LogP contribution in [0.4, 0.5) is 0 Å². The predicted molar refractivity (Wildman–Crippen MR) is 60.8 cm³/mol. The number of carbonyl (C=O) groups is 1. The summed E-state index contributed by atoms with van der Waals surface area (Å²) >= 11 is 11.2. The second-order valence-electron chi connectivity index (χ2n) is 3.20. The highest BCUT2D eigenvalue weighted by atomic mass is 35.5. The third-order valence-electron chi connectivity index (χ3n) is 1.82. The molecule has 1 amide bonds. The van der Waals surface area contributed by atoms with Gasteiger partial charge in [0, 0.05) is 17.5 Å². The van der Waals surface area contributed by atoms with E-state index in [1.54, 1.807) is 6.92 Å². The standard InChI is InChI=1S/C10H11Cl2NO2/c1-6(5-11)13-10(15)7-2-3-9(14)8(12)4-7/h2-4,6,14H,5H2,1H3,(H,13,15). The molecule has 0 heterocycles. The number of amides is 1. The topological polar surface area (TPSA) is 49.3 Å². The summed E-state index contributed by atoms with van der Waals surface area (Å²) in [6, 6.07) is 4.18. The summed E-state index contributed by atoms with van der Waals surface area (Å²) < 4.78 is 0. The van der Waals surface area contributed by atoms with E-state index in [4.69, 9.17) is 28.3 Å². The summed E-state index contributed by atoms with van der Waals surface area (Å²) in [5, 5.41) is 12.0. The van der Waals surface area contributed by atoms with Crippen molar-refractivity contribution in [2.45, 2.75) is 13.0 Å². The van der Waals surface area contributed by atoms with E-state index in [0.717, 1.165) is 0 Å². The Morgan fingerprint density at radius 1 is 1.60 bits per heavy atom. The molecule has 0 aliphatic heterocycles. The number of alkyl halides is 1. The first-order valence-electron chi connectivity index (χ1n) is 4.40. The molecule has 0 aliphatic rings. The van der Waals surface area contributed by atoms with Crippen LogP contribution in [0.25, 0.3) is 0 Å². The molecule has 0 bridgehead atoms. The molecular weight excluding hydrogens is 237 g/mol. The van der Waals surface area contributed by atoms with Crippen LogP contribution in [0.3, 0.4) is 0 Å². The van der Waals surface area contributed by atoms with Crippen molar-refractivity contribution < 1.29 is 9.90 Å². The molecule has 0 saturated carbocycles. The zero-order valence-corrected chi connectivity index (χ0v) is 9.64. The Morgan fingerprint density at radius 2 is 2.27 bits per heavy atom. The van der Waals surface area contributed by atoms with E-state index in [0.29, 0.717) is 11.4 Å². The molecule has 2 N–H and O–H groups in total. The van der Waals surface area contributed by atoms with Crippen molar-refractivity contribution in [3.05, 3.63) is 28.8 Å². The largest absolute Gasteiger partial charge is 0.506 e. The van der Waals surface area contributed by atoms with Gasteiger partial charge in [0.1, 0.15) is 5.75 Å². The zero-order valence-electron chi connectivity index (χ0n) is 8.13. The van der Waals surface area contributed by atoms with E-state index >= 15 is 0 Å². The molecule has 0 radical (unpaired) electrons. The van der Waals surface area contributed by atoms with Crippen LogP contribution in [-0.2, 0) is 0 Å². The Morgan fingerprint density at radius 3 is 2.80 bits per heavy atom. The quantitative estimate of drug-likeness (QED) is 0.807. The molecule has 1 aromatic rings. The molecule has 15 heavy (non-hydrogen) atoms. The fraction of sp³-hybridized carbons (Fsp3) is 0.300. The zero-order chi connectivity index (χ0) is 11.4. The SMILES string of the molecule is CC(CCl)NC(=O)c1ccc(O)c(Cl)c1. The Labute approximate surface area is 98.0 Å². The van der Waals surface area contributed by atoms with Crippen LogP contribution in [0.1, 0.15) is 17.3 Å². The number of halogens is 2. The number of hydrogen-bond donors (Lipinski definition) is 2. The average Bonchev–Trinajstić information content (AvgIpc) is 2.21. The summed E-state index contributed by atoms with van der Waals surface area (Å²) in [4.78, 5) is 11.6. The molecule has 0 aromatic heterocycles. The second-order valence-corrected chi connectivity index (χ2v) is 3.91. The molecule has 3 nitrogen and oxygen atoms in total. The molecule has 0 fully saturated rings. The van der Waals surface area contributed by atoms with Crippen LogP contribution >= 0.6 is 23.2 Å². The second kappa shape index (κ2) is 5.24. The summed E-state index contributed by atoms with van der Waals surface area (Å²) in [6.45, 7) is 1.80. The monoisotopic (exact) mass is 247 g/mol. The number of hydrogen-bond acceptors (Lipinski definition) is 2. The smallest absolute Gasteiger partial charge is 0.251 e. The van der Waals surface area contributed by atoms with E-state index in [1.807, 2.05) is 0 Å². The van der Waals surface area contributed by atoms with Gasteiger partial charge in [0.05, 0.1) is 5.02 Å². The van der Waals surface area contributed by atoms with Crippen molar-refractivity contribution in [1.29, 1.82) is 0 Å². The minimum absolute atomic E-state index is 0.0430. The van der Waals surface area contributed by atoms with Gasteiger partial charge in [0.15, 0.2) is 0 Å². The molecular formula is C10H11Cl2NO2. The molecule has 0 spiro atoms. The summed E-state index contributed by atoms with van der Waals surface area (Å²) in [6.07, 6.45) is 0. The van der Waals surface area contributed by atoms with Crippen LogP contribution in [0.15, 0.2) is 18.2 Å². The number of phenols is 1. The number of phenolic OH excluding ortho intramolecular Hbond substituents is 1. The molecule has 1 rings (SSSR count). The lowest BCUT2D eigenvalue weighted by molar-refractivity contribution is 0.0943. The minimum Gasteiger partial charge on any atom is -0.506 e. The van der Waals surface area contributed by atoms with Crippen molar-refractivity contribution >= 4 is 29.1 Å². The number of rotatable bonds is 3. The number of carbonyl (C=O) groups excluding carboxylic acids is 1. The fourth-order valence-electron chi connectivity index (χ4n) is 0.994. The summed E-state index contributed by atoms with van der Waals surface area (Å²) in [5.41, 5.74) is 0.398. The van der Waals surface area contributed by atoms with E-state index in [1.165, 1.54) is 18.2 Å². The lowest BCUT2D eigenvalue weighted by atomic mass is 10.2. The Bertz CT molecular complexity index is 368. The maximum absolute atomic E-state index is 11.6. The predicted octanol–water partition coefficient (Wildman–Crippen LogP) is 2.40. The number of aromatic hydroxyl groups is 1. The molecule has 1 unspecified atom stereocenters. The van der Waals surface area contributed by atoms with Crippen LogP contribution in [0.2, 0.25) is 5.02 Å². The van der Waals surface area contributed by atoms with Crippen LogP contribution < -0.4 is 5.32 Å². The van der Waals surface area contributed by atoms with Crippen molar-refractivity contribution in [3.8, 4) is 5.75 Å². The molecule has 0 saturated heterocycles.